The van der Waals surface area contributed by atoms with Crippen molar-refractivity contribution in [2.75, 3.05) is 6.54 Å². The van der Waals surface area contributed by atoms with Crippen LogP contribution in [0.2, 0.25) is 0 Å². The van der Waals surface area contributed by atoms with Gasteiger partial charge in [0, 0.05) is 19.5 Å². The first kappa shape index (κ1) is 16.0. The molecule has 0 saturated heterocycles. The predicted octanol–water partition coefficient (Wildman–Crippen LogP) is 1.90. The quantitative estimate of drug-likeness (QED) is 0.816. The molecule has 0 spiro atoms. The summed E-state index contributed by atoms with van der Waals surface area (Å²) in [5.74, 6) is 2.02. The Labute approximate surface area is 145 Å². The number of aromatic nitrogens is 3. The molecule has 1 aromatic heterocycles. The Hall–Kier alpha value is -2.50. The van der Waals surface area contributed by atoms with Gasteiger partial charge < -0.3 is 5.32 Å². The lowest BCUT2D eigenvalue weighted by molar-refractivity contribution is -0.121. The van der Waals surface area contributed by atoms with Crippen LogP contribution in [0.5, 0.6) is 0 Å². The molecule has 1 fully saturated rings. The zero-order chi connectivity index (χ0) is 17.2. The molecule has 2 aromatic rings. The van der Waals surface area contributed by atoms with Gasteiger partial charge in [-0.25, -0.2) is 4.68 Å². The van der Waals surface area contributed by atoms with E-state index in [9.17, 15) is 9.59 Å². The second-order valence-electron chi connectivity index (χ2n) is 7.08. The smallest absolute Gasteiger partial charge is 0.277 e. The maximum atomic E-state index is 12.3. The molecule has 4 rings (SSSR count). The van der Waals surface area contributed by atoms with E-state index in [2.05, 4.69) is 27.8 Å². The molecule has 2 aliphatic rings. The second kappa shape index (κ2) is 6.78. The van der Waals surface area contributed by atoms with Crippen LogP contribution in [-0.2, 0) is 11.3 Å². The number of hydrogen-bond donors (Lipinski definition) is 1. The minimum Gasteiger partial charge on any atom is -0.356 e. The summed E-state index contributed by atoms with van der Waals surface area (Å²) in [5, 5.41) is 11.6. The van der Waals surface area contributed by atoms with E-state index < -0.39 is 0 Å². The SMILES string of the molecule is O=C(CCCn1nnc2ccccc2c1=O)NC[C@@H]1C[C@@H]2C=C[C@H]1C2. The molecule has 0 unspecified atom stereocenters. The third-order valence-corrected chi connectivity index (χ3v) is 5.38. The molecule has 6 heteroatoms. The summed E-state index contributed by atoms with van der Waals surface area (Å²) >= 11 is 0. The van der Waals surface area contributed by atoms with E-state index in [1.165, 1.54) is 17.5 Å². The number of carbonyl (C=O) groups excluding carboxylic acids is 1. The first-order valence-electron chi connectivity index (χ1n) is 8.98. The fraction of sp³-hybridized carbons (Fsp3) is 0.474. The van der Waals surface area contributed by atoms with Crippen molar-refractivity contribution < 1.29 is 4.79 Å². The van der Waals surface area contributed by atoms with E-state index in [-0.39, 0.29) is 11.5 Å². The average molecular weight is 338 g/mol. The van der Waals surface area contributed by atoms with Gasteiger partial charge in [-0.1, -0.05) is 29.5 Å². The molecule has 2 bridgehead atoms. The Morgan fingerprint density at radius 1 is 1.24 bits per heavy atom. The van der Waals surface area contributed by atoms with Crippen LogP contribution in [0.1, 0.15) is 25.7 Å². The van der Waals surface area contributed by atoms with E-state index in [1.807, 2.05) is 12.1 Å². The molecule has 1 saturated carbocycles. The van der Waals surface area contributed by atoms with E-state index in [4.69, 9.17) is 0 Å². The zero-order valence-corrected chi connectivity index (χ0v) is 14.1. The van der Waals surface area contributed by atoms with Crippen LogP contribution in [-0.4, -0.2) is 27.4 Å². The Balaban J connectivity index is 1.26. The van der Waals surface area contributed by atoms with Crippen LogP contribution in [0.25, 0.3) is 10.9 Å². The van der Waals surface area contributed by atoms with Gasteiger partial charge in [-0.2, -0.15) is 0 Å². The molecule has 6 nitrogen and oxygen atoms in total. The van der Waals surface area contributed by atoms with Gasteiger partial charge in [0.1, 0.15) is 5.52 Å². The molecule has 130 valence electrons. The lowest BCUT2D eigenvalue weighted by Gasteiger charge is -2.18. The predicted molar refractivity (Wildman–Crippen MR) is 94.9 cm³/mol. The summed E-state index contributed by atoms with van der Waals surface area (Å²) in [7, 11) is 0. The summed E-state index contributed by atoms with van der Waals surface area (Å²) in [6.07, 6.45) is 8.04. The highest BCUT2D eigenvalue weighted by atomic mass is 16.1. The van der Waals surface area contributed by atoms with E-state index in [0.29, 0.717) is 42.1 Å². The Morgan fingerprint density at radius 3 is 2.92 bits per heavy atom. The number of fused-ring (bicyclic) bond motifs is 3. The summed E-state index contributed by atoms with van der Waals surface area (Å²) in [6.45, 7) is 1.17. The van der Waals surface area contributed by atoms with E-state index in [0.717, 1.165) is 12.5 Å². The highest BCUT2D eigenvalue weighted by Gasteiger charge is 2.35. The minimum atomic E-state index is -0.153. The lowest BCUT2D eigenvalue weighted by atomic mass is 9.93. The van der Waals surface area contributed by atoms with Gasteiger partial charge in [-0.15, -0.1) is 5.10 Å². The monoisotopic (exact) mass is 338 g/mol. The molecular formula is C19H22N4O2. The minimum absolute atomic E-state index is 0.0496. The van der Waals surface area contributed by atoms with Gasteiger partial charge in [-0.3, -0.25) is 9.59 Å². The normalized spacial score (nSPS) is 24.1. The fourth-order valence-corrected chi connectivity index (χ4v) is 4.02. The van der Waals surface area contributed by atoms with Gasteiger partial charge >= 0.3 is 0 Å². The fourth-order valence-electron chi connectivity index (χ4n) is 4.02. The van der Waals surface area contributed by atoms with Crippen LogP contribution in [0.15, 0.2) is 41.2 Å². The van der Waals surface area contributed by atoms with E-state index in [1.54, 1.807) is 12.1 Å². The molecule has 1 heterocycles. The topological polar surface area (TPSA) is 76.9 Å². The summed E-state index contributed by atoms with van der Waals surface area (Å²) < 4.78 is 1.34. The molecule has 1 aromatic carbocycles. The number of nitrogens with zero attached hydrogens (tertiary/aromatic N) is 3. The Bertz CT molecular complexity index is 873. The molecule has 25 heavy (non-hydrogen) atoms. The Morgan fingerprint density at radius 2 is 2.12 bits per heavy atom. The van der Waals surface area contributed by atoms with Crippen LogP contribution in [0.3, 0.4) is 0 Å². The van der Waals surface area contributed by atoms with Crippen LogP contribution < -0.4 is 10.9 Å². The molecule has 0 aliphatic heterocycles. The molecule has 1 amide bonds. The second-order valence-corrected chi connectivity index (χ2v) is 7.08. The highest BCUT2D eigenvalue weighted by molar-refractivity contribution is 5.76. The van der Waals surface area contributed by atoms with Crippen LogP contribution in [0.4, 0.5) is 0 Å². The molecule has 2 aliphatic carbocycles. The summed E-state index contributed by atoms with van der Waals surface area (Å²) in [6, 6.07) is 7.16. The van der Waals surface area contributed by atoms with Gasteiger partial charge in [-0.05, 0) is 49.1 Å². The van der Waals surface area contributed by atoms with Crippen molar-refractivity contribution in [2.45, 2.75) is 32.2 Å². The molecule has 1 N–H and O–H groups in total. The van der Waals surface area contributed by atoms with Crippen molar-refractivity contribution in [2.24, 2.45) is 17.8 Å². The van der Waals surface area contributed by atoms with Crippen molar-refractivity contribution in [1.29, 1.82) is 0 Å². The Kier molecular flexibility index (Phi) is 4.34. The number of aryl methyl sites for hydroxylation is 1. The van der Waals surface area contributed by atoms with Crippen molar-refractivity contribution in [3.8, 4) is 0 Å². The zero-order valence-electron chi connectivity index (χ0n) is 14.1. The third kappa shape index (κ3) is 3.34. The lowest BCUT2D eigenvalue weighted by Crippen LogP contribution is -2.31. The summed E-state index contributed by atoms with van der Waals surface area (Å²) in [4.78, 5) is 24.4. The molecule has 3 atom stereocenters. The summed E-state index contributed by atoms with van der Waals surface area (Å²) in [5.41, 5.74) is 0.446. The van der Waals surface area contributed by atoms with Crippen molar-refractivity contribution in [1.82, 2.24) is 20.3 Å². The first-order chi connectivity index (χ1) is 12.2. The number of hydrogen-bond acceptors (Lipinski definition) is 4. The highest BCUT2D eigenvalue weighted by Crippen LogP contribution is 2.42. The maximum Gasteiger partial charge on any atom is 0.277 e. The van der Waals surface area contributed by atoms with Crippen LogP contribution >= 0.6 is 0 Å². The number of allylic oxidation sites excluding steroid dienone is 2. The van der Waals surface area contributed by atoms with Gasteiger partial charge in [0.05, 0.1) is 5.39 Å². The number of carbonyl (C=O) groups is 1. The first-order valence-corrected chi connectivity index (χ1v) is 8.98. The number of nitrogens with one attached hydrogen (secondary N) is 1. The number of rotatable bonds is 6. The number of amides is 1. The average Bonchev–Trinajstić information content (AvgIpc) is 3.25. The molecule has 0 radical (unpaired) electrons. The van der Waals surface area contributed by atoms with E-state index >= 15 is 0 Å². The maximum absolute atomic E-state index is 12.3. The standard InChI is InChI=1S/C19H22N4O2/c24-18(20-12-15-11-13-7-8-14(15)10-13)6-3-9-23-19(25)16-4-1-2-5-17(16)21-22-23/h1-2,4-5,7-8,13-15H,3,6,9-12H2,(H,20,24)/t13-,14+,15+/m1/s1. The van der Waals surface area contributed by atoms with Crippen molar-refractivity contribution in [3.63, 3.8) is 0 Å². The van der Waals surface area contributed by atoms with Gasteiger partial charge in [0.2, 0.25) is 5.91 Å². The number of benzene rings is 1. The van der Waals surface area contributed by atoms with Gasteiger partial charge in [0.15, 0.2) is 0 Å². The largest absolute Gasteiger partial charge is 0.356 e. The molecular weight excluding hydrogens is 316 g/mol. The van der Waals surface area contributed by atoms with Crippen molar-refractivity contribution in [3.05, 3.63) is 46.8 Å². The van der Waals surface area contributed by atoms with Gasteiger partial charge in [0.25, 0.3) is 5.56 Å². The third-order valence-electron chi connectivity index (χ3n) is 5.38. The van der Waals surface area contributed by atoms with Crippen LogP contribution in [0, 0.1) is 17.8 Å². The van der Waals surface area contributed by atoms with Crippen molar-refractivity contribution >= 4 is 16.8 Å².